The van der Waals surface area contributed by atoms with Crippen LogP contribution in [-0.2, 0) is 0 Å². The van der Waals surface area contributed by atoms with Crippen molar-refractivity contribution in [2.45, 2.75) is 0 Å². The number of hydrogen-bond donors (Lipinski definition) is 1. The zero-order valence-corrected chi connectivity index (χ0v) is 6.28. The van der Waals surface area contributed by atoms with Crippen LogP contribution in [0.25, 0.3) is 11.0 Å². The van der Waals surface area contributed by atoms with Gasteiger partial charge in [0.25, 0.3) is 0 Å². The third kappa shape index (κ3) is 0.955. The van der Waals surface area contributed by atoms with Crippen LogP contribution in [-0.4, -0.2) is 0 Å². The van der Waals surface area contributed by atoms with E-state index in [4.69, 9.17) is 10.2 Å². The molecule has 0 saturated heterocycles. The first-order chi connectivity index (χ1) is 5.77. The fourth-order valence-electron chi connectivity index (χ4n) is 1.10. The second kappa shape index (κ2) is 2.37. The van der Waals surface area contributed by atoms with Crippen LogP contribution in [0.3, 0.4) is 0 Å². The normalized spacial score (nSPS) is 10.3. The minimum Gasteiger partial charge on any atom is -0.464 e. The van der Waals surface area contributed by atoms with Gasteiger partial charge >= 0.3 is 0 Å². The minimum atomic E-state index is -0.0662. The van der Waals surface area contributed by atoms with Crippen LogP contribution in [0, 0.1) is 0 Å². The first-order valence-corrected chi connectivity index (χ1v) is 3.54. The molecule has 3 nitrogen and oxygen atoms in total. The average Bonchev–Trinajstić information content (AvgIpc) is 2.07. The molecule has 2 aromatic rings. The summed E-state index contributed by atoms with van der Waals surface area (Å²) < 4.78 is 5.09. The lowest BCUT2D eigenvalue weighted by atomic mass is 10.2. The lowest BCUT2D eigenvalue weighted by Gasteiger charge is -1.95. The van der Waals surface area contributed by atoms with Gasteiger partial charge in [-0.2, -0.15) is 0 Å². The van der Waals surface area contributed by atoms with Crippen LogP contribution < -0.4 is 11.2 Å². The zero-order valence-electron chi connectivity index (χ0n) is 6.28. The number of anilines is 1. The molecule has 0 amide bonds. The van der Waals surface area contributed by atoms with E-state index in [1.807, 2.05) is 0 Å². The van der Waals surface area contributed by atoms with Crippen molar-refractivity contribution in [3.8, 4) is 0 Å². The molecule has 0 atom stereocenters. The van der Waals surface area contributed by atoms with Crippen molar-refractivity contribution in [2.24, 2.45) is 0 Å². The Hall–Kier alpha value is -1.77. The molecule has 0 bridgehead atoms. The van der Waals surface area contributed by atoms with Crippen LogP contribution in [0.4, 0.5) is 5.69 Å². The number of benzene rings is 1. The summed E-state index contributed by atoms with van der Waals surface area (Å²) in [5.41, 5.74) is 6.58. The summed E-state index contributed by atoms with van der Waals surface area (Å²) in [5.74, 6) is 0. The van der Waals surface area contributed by atoms with E-state index in [1.54, 1.807) is 18.2 Å². The monoisotopic (exact) mass is 161 g/mol. The van der Waals surface area contributed by atoms with Gasteiger partial charge in [0.1, 0.15) is 5.58 Å². The Bertz CT molecular complexity index is 473. The van der Waals surface area contributed by atoms with Crippen LogP contribution in [0.2, 0.25) is 0 Å². The molecule has 0 unspecified atom stereocenters. The maximum absolute atomic E-state index is 11.2. The molecule has 2 rings (SSSR count). The summed E-state index contributed by atoms with van der Waals surface area (Å²) in [6.07, 6.45) is 1.38. The fraction of sp³-hybridized carbons (Fsp3) is 0. The van der Waals surface area contributed by atoms with E-state index in [0.29, 0.717) is 16.7 Å². The van der Waals surface area contributed by atoms with Crippen molar-refractivity contribution in [2.75, 3.05) is 5.73 Å². The Morgan fingerprint density at radius 1 is 1.25 bits per heavy atom. The number of rotatable bonds is 0. The zero-order chi connectivity index (χ0) is 8.55. The fourth-order valence-corrected chi connectivity index (χ4v) is 1.10. The molecule has 0 saturated carbocycles. The third-order valence-corrected chi connectivity index (χ3v) is 1.68. The van der Waals surface area contributed by atoms with Gasteiger partial charge in [0.05, 0.1) is 11.6 Å². The standard InChI is InChI=1S/C9H7NO2/c10-6-1-2-9-7(5-6)8(11)3-4-12-9/h1-5H,10H2. The van der Waals surface area contributed by atoms with Crippen molar-refractivity contribution in [1.82, 2.24) is 0 Å². The Morgan fingerprint density at radius 2 is 2.08 bits per heavy atom. The van der Waals surface area contributed by atoms with Gasteiger partial charge in [-0.1, -0.05) is 0 Å². The van der Waals surface area contributed by atoms with Gasteiger partial charge in [0.15, 0.2) is 5.43 Å². The summed E-state index contributed by atoms with van der Waals surface area (Å²) in [6.45, 7) is 0. The molecular formula is C9H7NO2. The van der Waals surface area contributed by atoms with Gasteiger partial charge < -0.3 is 10.2 Å². The molecule has 0 radical (unpaired) electrons. The molecule has 0 aliphatic rings. The average molecular weight is 161 g/mol. The van der Waals surface area contributed by atoms with Gasteiger partial charge in [-0.25, -0.2) is 0 Å². The second-order valence-corrected chi connectivity index (χ2v) is 2.54. The SMILES string of the molecule is Nc1ccc2occc(=O)c2c1. The van der Waals surface area contributed by atoms with Gasteiger partial charge in [-0.3, -0.25) is 4.79 Å². The minimum absolute atomic E-state index is 0.0662. The highest BCUT2D eigenvalue weighted by Crippen LogP contribution is 2.12. The van der Waals surface area contributed by atoms with E-state index >= 15 is 0 Å². The van der Waals surface area contributed by atoms with Crippen LogP contribution in [0.5, 0.6) is 0 Å². The van der Waals surface area contributed by atoms with Gasteiger partial charge in [0.2, 0.25) is 0 Å². The quantitative estimate of drug-likeness (QED) is 0.594. The number of nitrogens with two attached hydrogens (primary N) is 1. The van der Waals surface area contributed by atoms with Gasteiger partial charge in [0, 0.05) is 11.8 Å². The van der Waals surface area contributed by atoms with Crippen molar-refractivity contribution in [1.29, 1.82) is 0 Å². The lowest BCUT2D eigenvalue weighted by molar-refractivity contribution is 0.602. The van der Waals surface area contributed by atoms with Crippen molar-refractivity contribution in [3.63, 3.8) is 0 Å². The van der Waals surface area contributed by atoms with Crippen molar-refractivity contribution < 1.29 is 4.42 Å². The number of fused-ring (bicyclic) bond motifs is 1. The summed E-state index contributed by atoms with van der Waals surface area (Å²) in [4.78, 5) is 11.2. The molecule has 0 spiro atoms. The van der Waals surface area contributed by atoms with E-state index in [0.717, 1.165) is 0 Å². The predicted octanol–water partition coefficient (Wildman–Crippen LogP) is 1.38. The Labute approximate surface area is 68.4 Å². The maximum atomic E-state index is 11.2. The first-order valence-electron chi connectivity index (χ1n) is 3.54. The molecule has 60 valence electrons. The molecule has 0 fully saturated rings. The summed E-state index contributed by atoms with van der Waals surface area (Å²) in [5, 5.41) is 0.525. The highest BCUT2D eigenvalue weighted by molar-refractivity contribution is 5.79. The Morgan fingerprint density at radius 3 is 2.92 bits per heavy atom. The molecule has 0 aliphatic carbocycles. The van der Waals surface area contributed by atoms with E-state index in [9.17, 15) is 4.79 Å². The number of hydrogen-bond acceptors (Lipinski definition) is 3. The Balaban J connectivity index is 2.98. The van der Waals surface area contributed by atoms with Crippen LogP contribution >= 0.6 is 0 Å². The molecule has 12 heavy (non-hydrogen) atoms. The first kappa shape index (κ1) is 6.91. The second-order valence-electron chi connectivity index (χ2n) is 2.54. The summed E-state index contributed by atoms with van der Waals surface area (Å²) in [6, 6.07) is 6.38. The van der Waals surface area contributed by atoms with E-state index in [1.165, 1.54) is 12.3 Å². The third-order valence-electron chi connectivity index (χ3n) is 1.68. The summed E-state index contributed by atoms with van der Waals surface area (Å²) in [7, 11) is 0. The molecule has 1 aromatic carbocycles. The summed E-state index contributed by atoms with van der Waals surface area (Å²) >= 11 is 0. The van der Waals surface area contributed by atoms with E-state index < -0.39 is 0 Å². The van der Waals surface area contributed by atoms with Crippen LogP contribution in [0.15, 0.2) is 39.7 Å². The van der Waals surface area contributed by atoms with Crippen molar-refractivity contribution in [3.05, 3.63) is 40.8 Å². The highest BCUT2D eigenvalue weighted by atomic mass is 16.3. The van der Waals surface area contributed by atoms with Gasteiger partial charge in [-0.15, -0.1) is 0 Å². The van der Waals surface area contributed by atoms with Crippen LogP contribution in [0.1, 0.15) is 0 Å². The maximum Gasteiger partial charge on any atom is 0.192 e. The molecule has 0 aliphatic heterocycles. The smallest absolute Gasteiger partial charge is 0.192 e. The topological polar surface area (TPSA) is 56.2 Å². The molecule has 1 aromatic heterocycles. The molecule has 1 heterocycles. The van der Waals surface area contributed by atoms with E-state index in [2.05, 4.69) is 0 Å². The molecule has 2 N–H and O–H groups in total. The van der Waals surface area contributed by atoms with E-state index in [-0.39, 0.29) is 5.43 Å². The Kier molecular flexibility index (Phi) is 1.37. The lowest BCUT2D eigenvalue weighted by Crippen LogP contribution is -1.98. The van der Waals surface area contributed by atoms with Crippen molar-refractivity contribution >= 4 is 16.7 Å². The predicted molar refractivity (Wildman–Crippen MR) is 46.9 cm³/mol. The number of nitrogen functional groups attached to an aromatic ring is 1. The molecular weight excluding hydrogens is 154 g/mol. The largest absolute Gasteiger partial charge is 0.464 e. The molecule has 3 heteroatoms. The highest BCUT2D eigenvalue weighted by Gasteiger charge is 1.98. The van der Waals surface area contributed by atoms with Gasteiger partial charge in [-0.05, 0) is 18.2 Å².